The lowest BCUT2D eigenvalue weighted by Gasteiger charge is -2.10. The molecule has 0 bridgehead atoms. The van der Waals surface area contributed by atoms with Crippen LogP contribution in [0, 0.1) is 6.92 Å². The molecule has 4 heterocycles. The molecule has 0 unspecified atom stereocenters. The number of likely N-dealkylation sites (tertiary alicyclic amines) is 1. The molecular formula is C20H19N5OS2. The molecule has 4 aromatic rings. The molecule has 0 N–H and O–H groups in total. The van der Waals surface area contributed by atoms with Gasteiger partial charge in [0.25, 0.3) is 5.22 Å². The molecule has 0 amide bonds. The number of benzene rings is 1. The second kappa shape index (κ2) is 7.62. The number of aromatic nitrogens is 4. The molecule has 1 aliphatic heterocycles. The highest BCUT2D eigenvalue weighted by Crippen LogP contribution is 2.39. The summed E-state index contributed by atoms with van der Waals surface area (Å²) in [7, 11) is 0. The summed E-state index contributed by atoms with van der Waals surface area (Å²) in [6, 6.07) is 8.52. The first-order chi connectivity index (χ1) is 13.8. The zero-order valence-corrected chi connectivity index (χ0v) is 17.1. The van der Waals surface area contributed by atoms with Crippen molar-refractivity contribution in [3.05, 3.63) is 47.4 Å². The SMILES string of the molecule is Cc1ccc(-c2csc3ncnc(Sc4nnc(CN5CCCC5)o4)c23)cc1. The smallest absolute Gasteiger partial charge is 0.283 e. The Bertz CT molecular complexity index is 1100. The fraction of sp³-hybridized carbons (Fsp3) is 0.300. The van der Waals surface area contributed by atoms with Gasteiger partial charge in [-0.05, 0) is 50.2 Å². The second-order valence-electron chi connectivity index (χ2n) is 6.92. The maximum Gasteiger partial charge on any atom is 0.283 e. The van der Waals surface area contributed by atoms with Crippen molar-refractivity contribution in [3.8, 4) is 11.1 Å². The van der Waals surface area contributed by atoms with E-state index in [1.54, 1.807) is 17.7 Å². The monoisotopic (exact) mass is 409 g/mol. The average molecular weight is 410 g/mol. The summed E-state index contributed by atoms with van der Waals surface area (Å²) < 4.78 is 5.88. The third kappa shape index (κ3) is 3.55. The molecule has 0 spiro atoms. The summed E-state index contributed by atoms with van der Waals surface area (Å²) in [4.78, 5) is 12.3. The van der Waals surface area contributed by atoms with Crippen molar-refractivity contribution in [1.82, 2.24) is 25.1 Å². The van der Waals surface area contributed by atoms with Gasteiger partial charge in [0.15, 0.2) is 0 Å². The van der Waals surface area contributed by atoms with Gasteiger partial charge in [-0.2, -0.15) is 0 Å². The van der Waals surface area contributed by atoms with Crippen molar-refractivity contribution >= 4 is 33.3 Å². The van der Waals surface area contributed by atoms with E-state index < -0.39 is 0 Å². The van der Waals surface area contributed by atoms with Gasteiger partial charge in [-0.15, -0.1) is 21.5 Å². The van der Waals surface area contributed by atoms with Gasteiger partial charge in [0, 0.05) is 10.9 Å². The highest BCUT2D eigenvalue weighted by Gasteiger charge is 2.19. The topological polar surface area (TPSA) is 67.9 Å². The molecule has 5 rings (SSSR count). The van der Waals surface area contributed by atoms with Crippen LogP contribution in [0.5, 0.6) is 0 Å². The Hall–Kier alpha value is -2.29. The van der Waals surface area contributed by atoms with Crippen LogP contribution < -0.4 is 0 Å². The highest BCUT2D eigenvalue weighted by atomic mass is 32.2. The number of thiophene rings is 1. The lowest BCUT2D eigenvalue weighted by molar-refractivity contribution is 0.278. The van der Waals surface area contributed by atoms with E-state index in [-0.39, 0.29) is 0 Å². The minimum absolute atomic E-state index is 0.523. The molecule has 142 valence electrons. The number of aryl methyl sites for hydroxylation is 1. The van der Waals surface area contributed by atoms with Gasteiger partial charge in [0.1, 0.15) is 16.2 Å². The summed E-state index contributed by atoms with van der Waals surface area (Å²) in [5.41, 5.74) is 3.54. The molecule has 1 saturated heterocycles. The van der Waals surface area contributed by atoms with Crippen molar-refractivity contribution < 1.29 is 4.42 Å². The first-order valence-corrected chi connectivity index (χ1v) is 11.0. The zero-order valence-electron chi connectivity index (χ0n) is 15.5. The molecule has 0 aliphatic carbocycles. The van der Waals surface area contributed by atoms with E-state index in [0.29, 0.717) is 11.1 Å². The number of rotatable bonds is 5. The van der Waals surface area contributed by atoms with Crippen LogP contribution in [0.15, 0.2) is 50.6 Å². The molecule has 6 nitrogen and oxygen atoms in total. The van der Waals surface area contributed by atoms with Gasteiger partial charge >= 0.3 is 0 Å². The fourth-order valence-corrected chi connectivity index (χ4v) is 5.20. The number of nitrogens with zero attached hydrogens (tertiary/aromatic N) is 5. The van der Waals surface area contributed by atoms with E-state index in [9.17, 15) is 0 Å². The summed E-state index contributed by atoms with van der Waals surface area (Å²) in [5.74, 6) is 0.666. The largest absolute Gasteiger partial charge is 0.414 e. The lowest BCUT2D eigenvalue weighted by atomic mass is 10.1. The van der Waals surface area contributed by atoms with Gasteiger partial charge < -0.3 is 4.42 Å². The van der Waals surface area contributed by atoms with Gasteiger partial charge in [0.2, 0.25) is 5.89 Å². The summed E-state index contributed by atoms with van der Waals surface area (Å²) in [6.45, 7) is 5.02. The second-order valence-corrected chi connectivity index (χ2v) is 8.72. The van der Waals surface area contributed by atoms with E-state index in [4.69, 9.17) is 4.42 Å². The van der Waals surface area contributed by atoms with Crippen LogP contribution in [0.1, 0.15) is 24.3 Å². The molecule has 0 radical (unpaired) electrons. The van der Waals surface area contributed by atoms with Crippen molar-refractivity contribution in [2.24, 2.45) is 0 Å². The Balaban J connectivity index is 1.45. The Kier molecular flexibility index (Phi) is 4.84. The van der Waals surface area contributed by atoms with E-state index in [1.165, 1.54) is 30.2 Å². The Morgan fingerprint density at radius 3 is 2.75 bits per heavy atom. The minimum Gasteiger partial charge on any atom is -0.414 e. The van der Waals surface area contributed by atoms with Gasteiger partial charge in [0.05, 0.1) is 11.9 Å². The molecule has 0 saturated carbocycles. The lowest BCUT2D eigenvalue weighted by Crippen LogP contribution is -2.18. The molecule has 8 heteroatoms. The summed E-state index contributed by atoms with van der Waals surface area (Å²) >= 11 is 3.04. The predicted octanol–water partition coefficient (Wildman–Crippen LogP) is 4.80. The molecule has 1 aliphatic rings. The van der Waals surface area contributed by atoms with Crippen LogP contribution in [0.3, 0.4) is 0 Å². The predicted molar refractivity (Wildman–Crippen MR) is 111 cm³/mol. The molecule has 0 atom stereocenters. The van der Waals surface area contributed by atoms with Crippen LogP contribution in [-0.2, 0) is 6.54 Å². The minimum atomic E-state index is 0.523. The van der Waals surface area contributed by atoms with E-state index in [2.05, 4.69) is 61.6 Å². The van der Waals surface area contributed by atoms with Crippen LogP contribution in [-0.4, -0.2) is 38.2 Å². The normalized spacial score (nSPS) is 14.9. The standard InChI is InChI=1S/C20H19N5OS2/c1-13-4-6-14(7-5-13)15-11-27-18-17(15)19(22-12-21-18)28-20-24-23-16(26-20)10-25-8-2-3-9-25/h4-7,11-12H,2-3,8-10H2,1H3. The first kappa shape index (κ1) is 17.8. The van der Waals surface area contributed by atoms with E-state index in [0.717, 1.165) is 46.0 Å². The van der Waals surface area contributed by atoms with Gasteiger partial charge in [-0.25, -0.2) is 9.97 Å². The van der Waals surface area contributed by atoms with E-state index >= 15 is 0 Å². The molecule has 1 fully saturated rings. The van der Waals surface area contributed by atoms with Crippen LogP contribution >= 0.6 is 23.1 Å². The summed E-state index contributed by atoms with van der Waals surface area (Å²) in [5, 5.41) is 13.0. The maximum absolute atomic E-state index is 5.88. The third-order valence-electron chi connectivity index (χ3n) is 4.89. The van der Waals surface area contributed by atoms with Gasteiger partial charge in [-0.3, -0.25) is 4.90 Å². The molecule has 1 aromatic carbocycles. The number of hydrogen-bond donors (Lipinski definition) is 0. The van der Waals surface area contributed by atoms with Crippen molar-refractivity contribution in [3.63, 3.8) is 0 Å². The summed E-state index contributed by atoms with van der Waals surface area (Å²) in [6.07, 6.45) is 4.09. The van der Waals surface area contributed by atoms with Crippen LogP contribution in [0.2, 0.25) is 0 Å². The maximum atomic E-state index is 5.88. The van der Waals surface area contributed by atoms with Gasteiger partial charge in [-0.1, -0.05) is 29.8 Å². The van der Waals surface area contributed by atoms with Crippen molar-refractivity contribution in [2.45, 2.75) is 36.6 Å². The number of fused-ring (bicyclic) bond motifs is 1. The Morgan fingerprint density at radius 1 is 1.11 bits per heavy atom. The van der Waals surface area contributed by atoms with Crippen LogP contribution in [0.25, 0.3) is 21.3 Å². The quantitative estimate of drug-likeness (QED) is 0.439. The first-order valence-electron chi connectivity index (χ1n) is 9.28. The third-order valence-corrected chi connectivity index (χ3v) is 6.62. The highest BCUT2D eigenvalue weighted by molar-refractivity contribution is 7.99. The Labute approximate surface area is 171 Å². The zero-order chi connectivity index (χ0) is 18.9. The Morgan fingerprint density at radius 2 is 1.93 bits per heavy atom. The molecular weight excluding hydrogens is 390 g/mol. The van der Waals surface area contributed by atoms with Crippen LogP contribution in [0.4, 0.5) is 0 Å². The fourth-order valence-electron chi connectivity index (χ4n) is 3.43. The van der Waals surface area contributed by atoms with E-state index in [1.807, 2.05) is 0 Å². The average Bonchev–Trinajstić information content (AvgIpc) is 3.45. The van der Waals surface area contributed by atoms with Crippen molar-refractivity contribution in [1.29, 1.82) is 0 Å². The molecule has 28 heavy (non-hydrogen) atoms. The number of hydrogen-bond acceptors (Lipinski definition) is 8. The molecule has 3 aromatic heterocycles. The van der Waals surface area contributed by atoms with Crippen molar-refractivity contribution in [2.75, 3.05) is 13.1 Å².